The molecule has 5 nitrogen and oxygen atoms in total. The first kappa shape index (κ1) is 13.1. The Hall–Kier alpha value is -0.940. The third kappa shape index (κ3) is 5.82. The number of unbranched alkanes of at least 4 members (excludes halogenated alkanes) is 1. The number of hydrogen-bond acceptors (Lipinski definition) is 5. The normalized spacial score (nSPS) is 11.2. The second-order valence-corrected chi connectivity index (χ2v) is 4.23. The van der Waals surface area contributed by atoms with Gasteiger partial charge in [0.2, 0.25) is 5.89 Å². The van der Waals surface area contributed by atoms with Crippen molar-refractivity contribution in [3.63, 3.8) is 0 Å². The van der Waals surface area contributed by atoms with Gasteiger partial charge in [-0.25, -0.2) is 0 Å². The minimum atomic E-state index is 0.578. The lowest BCUT2D eigenvalue weighted by Gasteiger charge is -2.07. The number of nitrogens with one attached hydrogen (secondary N) is 2. The van der Waals surface area contributed by atoms with Gasteiger partial charge in [0.05, 0.1) is 6.54 Å². The van der Waals surface area contributed by atoms with Crippen molar-refractivity contribution in [1.82, 2.24) is 20.8 Å². The van der Waals surface area contributed by atoms with Gasteiger partial charge < -0.3 is 15.2 Å². The molecule has 5 heteroatoms. The summed E-state index contributed by atoms with van der Waals surface area (Å²) in [6.45, 7) is 8.88. The Morgan fingerprint density at radius 2 is 2.00 bits per heavy atom. The summed E-state index contributed by atoms with van der Waals surface area (Å²) in [7, 11) is 0. The zero-order valence-corrected chi connectivity index (χ0v) is 10.4. The summed E-state index contributed by atoms with van der Waals surface area (Å²) < 4.78 is 4.99. The summed E-state index contributed by atoms with van der Waals surface area (Å²) in [6, 6.07) is 0.578. The van der Waals surface area contributed by atoms with E-state index < -0.39 is 0 Å². The van der Waals surface area contributed by atoms with Crippen molar-refractivity contribution in [2.75, 3.05) is 13.1 Å². The first-order valence-electron chi connectivity index (χ1n) is 5.92. The van der Waals surface area contributed by atoms with E-state index in [1.165, 1.54) is 6.42 Å². The molecule has 0 radical (unpaired) electrons. The highest BCUT2D eigenvalue weighted by Gasteiger charge is 2.00. The minimum Gasteiger partial charge on any atom is -0.338 e. The van der Waals surface area contributed by atoms with Gasteiger partial charge in [0.25, 0.3) is 0 Å². The van der Waals surface area contributed by atoms with Crippen LogP contribution in [0.5, 0.6) is 0 Å². The maximum absolute atomic E-state index is 4.99. The summed E-state index contributed by atoms with van der Waals surface area (Å²) >= 11 is 0. The van der Waals surface area contributed by atoms with Crippen LogP contribution in [0.3, 0.4) is 0 Å². The number of aryl methyl sites for hydroxylation is 1. The fourth-order valence-electron chi connectivity index (χ4n) is 1.37. The summed E-state index contributed by atoms with van der Waals surface area (Å²) in [4.78, 5) is 4.12. The van der Waals surface area contributed by atoms with Crippen LogP contribution < -0.4 is 10.6 Å². The van der Waals surface area contributed by atoms with Gasteiger partial charge in [-0.2, -0.15) is 4.98 Å². The van der Waals surface area contributed by atoms with Crippen LogP contribution in [0, 0.1) is 6.92 Å². The van der Waals surface area contributed by atoms with E-state index >= 15 is 0 Å². The fraction of sp³-hybridized carbons (Fsp3) is 0.818. The Morgan fingerprint density at radius 1 is 1.25 bits per heavy atom. The molecule has 0 aliphatic heterocycles. The van der Waals surface area contributed by atoms with Crippen molar-refractivity contribution in [2.45, 2.75) is 46.2 Å². The largest absolute Gasteiger partial charge is 0.338 e. The molecule has 0 bridgehead atoms. The minimum absolute atomic E-state index is 0.578. The topological polar surface area (TPSA) is 63.0 Å². The SMILES string of the molecule is Cc1noc(CNCCCCNC(C)C)n1. The number of hydrogen-bond donors (Lipinski definition) is 2. The van der Waals surface area contributed by atoms with E-state index in [-0.39, 0.29) is 0 Å². The summed E-state index contributed by atoms with van der Waals surface area (Å²) in [5.74, 6) is 1.36. The van der Waals surface area contributed by atoms with Crippen molar-refractivity contribution in [1.29, 1.82) is 0 Å². The molecular weight excluding hydrogens is 204 g/mol. The molecule has 0 aliphatic rings. The second-order valence-electron chi connectivity index (χ2n) is 4.23. The predicted molar refractivity (Wildman–Crippen MR) is 63.1 cm³/mol. The zero-order chi connectivity index (χ0) is 11.8. The number of aromatic nitrogens is 2. The van der Waals surface area contributed by atoms with Crippen molar-refractivity contribution >= 4 is 0 Å². The molecule has 1 aromatic rings. The van der Waals surface area contributed by atoms with Crippen LogP contribution in [0.15, 0.2) is 4.52 Å². The standard InChI is InChI=1S/C11H22N4O/c1-9(2)13-7-5-4-6-12-8-11-14-10(3)15-16-11/h9,12-13H,4-8H2,1-3H3. The first-order chi connectivity index (χ1) is 7.68. The van der Waals surface area contributed by atoms with Gasteiger partial charge in [-0.05, 0) is 32.9 Å². The molecule has 16 heavy (non-hydrogen) atoms. The molecule has 0 spiro atoms. The Balaban J connectivity index is 1.92. The molecule has 1 rings (SSSR count). The molecule has 0 fully saturated rings. The van der Waals surface area contributed by atoms with Gasteiger partial charge in [-0.1, -0.05) is 19.0 Å². The zero-order valence-electron chi connectivity index (χ0n) is 10.4. The highest BCUT2D eigenvalue weighted by molar-refractivity contribution is 4.81. The van der Waals surface area contributed by atoms with Crippen LogP contribution in [0.1, 0.15) is 38.4 Å². The molecule has 0 atom stereocenters. The van der Waals surface area contributed by atoms with Gasteiger partial charge in [0.1, 0.15) is 0 Å². The molecule has 1 aromatic heterocycles. The molecule has 0 amide bonds. The van der Waals surface area contributed by atoms with E-state index in [2.05, 4.69) is 34.6 Å². The smallest absolute Gasteiger partial charge is 0.240 e. The van der Waals surface area contributed by atoms with E-state index in [4.69, 9.17) is 4.52 Å². The van der Waals surface area contributed by atoms with Crippen molar-refractivity contribution < 1.29 is 4.52 Å². The Bertz CT molecular complexity index is 285. The molecular formula is C11H22N4O. The van der Waals surface area contributed by atoms with Gasteiger partial charge in [0.15, 0.2) is 5.82 Å². The van der Waals surface area contributed by atoms with Gasteiger partial charge in [-0.15, -0.1) is 0 Å². The highest BCUT2D eigenvalue weighted by atomic mass is 16.5. The van der Waals surface area contributed by atoms with Crippen LogP contribution in [0.2, 0.25) is 0 Å². The van der Waals surface area contributed by atoms with Crippen LogP contribution in [-0.4, -0.2) is 29.3 Å². The molecule has 92 valence electrons. The van der Waals surface area contributed by atoms with E-state index in [1.807, 2.05) is 6.92 Å². The Kier molecular flexibility index (Phi) is 6.03. The molecule has 0 saturated carbocycles. The average molecular weight is 226 g/mol. The lowest BCUT2D eigenvalue weighted by atomic mass is 10.3. The third-order valence-corrected chi connectivity index (χ3v) is 2.18. The van der Waals surface area contributed by atoms with Crippen LogP contribution in [0.25, 0.3) is 0 Å². The maximum atomic E-state index is 4.99. The van der Waals surface area contributed by atoms with Crippen LogP contribution in [0.4, 0.5) is 0 Å². The summed E-state index contributed by atoms with van der Waals surface area (Å²) in [5, 5.41) is 10.4. The van der Waals surface area contributed by atoms with Crippen molar-refractivity contribution in [3.05, 3.63) is 11.7 Å². The van der Waals surface area contributed by atoms with Crippen molar-refractivity contribution in [3.8, 4) is 0 Å². The lowest BCUT2D eigenvalue weighted by Crippen LogP contribution is -2.24. The fourth-order valence-corrected chi connectivity index (χ4v) is 1.37. The second kappa shape index (κ2) is 7.35. The average Bonchev–Trinajstić information content (AvgIpc) is 2.62. The third-order valence-electron chi connectivity index (χ3n) is 2.18. The Labute approximate surface area is 97.0 Å². The maximum Gasteiger partial charge on any atom is 0.240 e. The first-order valence-corrected chi connectivity index (χ1v) is 5.92. The molecule has 0 unspecified atom stereocenters. The molecule has 0 saturated heterocycles. The van der Waals surface area contributed by atoms with Gasteiger partial charge in [-0.3, -0.25) is 0 Å². The van der Waals surface area contributed by atoms with E-state index in [0.717, 1.165) is 19.5 Å². The number of rotatable bonds is 8. The van der Waals surface area contributed by atoms with E-state index in [9.17, 15) is 0 Å². The van der Waals surface area contributed by atoms with E-state index in [0.29, 0.717) is 24.3 Å². The van der Waals surface area contributed by atoms with E-state index in [1.54, 1.807) is 0 Å². The predicted octanol–water partition coefficient (Wildman–Crippen LogP) is 1.25. The molecule has 0 aliphatic carbocycles. The summed E-state index contributed by atoms with van der Waals surface area (Å²) in [5.41, 5.74) is 0. The number of nitrogens with zero attached hydrogens (tertiary/aromatic N) is 2. The van der Waals surface area contributed by atoms with Gasteiger partial charge in [0, 0.05) is 6.04 Å². The lowest BCUT2D eigenvalue weighted by molar-refractivity contribution is 0.363. The molecule has 0 aromatic carbocycles. The monoisotopic (exact) mass is 226 g/mol. The van der Waals surface area contributed by atoms with Gasteiger partial charge >= 0.3 is 0 Å². The highest BCUT2D eigenvalue weighted by Crippen LogP contribution is 1.95. The van der Waals surface area contributed by atoms with Crippen LogP contribution >= 0.6 is 0 Å². The quantitative estimate of drug-likeness (QED) is 0.653. The van der Waals surface area contributed by atoms with Crippen LogP contribution in [-0.2, 0) is 6.54 Å². The molecule has 1 heterocycles. The van der Waals surface area contributed by atoms with Crippen molar-refractivity contribution in [2.24, 2.45) is 0 Å². The molecule has 2 N–H and O–H groups in total. The summed E-state index contributed by atoms with van der Waals surface area (Å²) in [6.07, 6.45) is 2.35. The Morgan fingerprint density at radius 3 is 2.62 bits per heavy atom.